The van der Waals surface area contributed by atoms with Crippen molar-refractivity contribution >= 4 is 11.8 Å². The first-order valence-electron chi connectivity index (χ1n) is 8.42. The number of H-pyrrole nitrogens is 1. The SMILES string of the molecule is O=C(O)c1cncnc1NCc1ccc(-c2ccccc2-c2nnn[nH]2)cc1. The number of aromatic nitrogens is 6. The van der Waals surface area contributed by atoms with Crippen molar-refractivity contribution in [3.05, 3.63) is 72.2 Å². The topological polar surface area (TPSA) is 130 Å². The van der Waals surface area contributed by atoms with Crippen LogP contribution in [0, 0.1) is 0 Å². The van der Waals surface area contributed by atoms with E-state index in [4.69, 9.17) is 0 Å². The molecule has 0 unspecified atom stereocenters. The fourth-order valence-corrected chi connectivity index (χ4v) is 2.83. The highest BCUT2D eigenvalue weighted by atomic mass is 16.4. The van der Waals surface area contributed by atoms with Gasteiger partial charge in [0.15, 0.2) is 5.82 Å². The number of aromatic carboxylic acids is 1. The molecule has 0 aliphatic rings. The van der Waals surface area contributed by atoms with Crippen LogP contribution in [-0.4, -0.2) is 41.7 Å². The maximum Gasteiger partial charge on any atom is 0.341 e. The van der Waals surface area contributed by atoms with Gasteiger partial charge in [0.05, 0.1) is 0 Å². The van der Waals surface area contributed by atoms with E-state index >= 15 is 0 Å². The Hall–Kier alpha value is -4.14. The minimum Gasteiger partial charge on any atom is -0.477 e. The highest BCUT2D eigenvalue weighted by Gasteiger charge is 2.12. The molecule has 0 amide bonds. The minimum absolute atomic E-state index is 0.0358. The lowest BCUT2D eigenvalue weighted by molar-refractivity contribution is 0.0697. The van der Waals surface area contributed by atoms with Gasteiger partial charge < -0.3 is 10.4 Å². The molecular weight excluding hydrogens is 358 g/mol. The lowest BCUT2D eigenvalue weighted by Gasteiger charge is -2.10. The molecule has 0 aliphatic heterocycles. The maximum absolute atomic E-state index is 11.2. The van der Waals surface area contributed by atoms with Gasteiger partial charge in [0.1, 0.15) is 17.7 Å². The Bertz CT molecular complexity index is 1100. The zero-order valence-corrected chi connectivity index (χ0v) is 14.6. The second-order valence-electron chi connectivity index (χ2n) is 5.94. The number of hydrogen-bond donors (Lipinski definition) is 3. The molecule has 2 aromatic carbocycles. The third kappa shape index (κ3) is 3.54. The van der Waals surface area contributed by atoms with Gasteiger partial charge in [-0.1, -0.05) is 48.5 Å². The van der Waals surface area contributed by atoms with Crippen LogP contribution in [0.15, 0.2) is 61.1 Å². The summed E-state index contributed by atoms with van der Waals surface area (Å²) in [6.45, 7) is 0.436. The molecule has 2 aromatic heterocycles. The smallest absolute Gasteiger partial charge is 0.341 e. The van der Waals surface area contributed by atoms with E-state index in [1.165, 1.54) is 12.5 Å². The number of benzene rings is 2. The molecule has 138 valence electrons. The van der Waals surface area contributed by atoms with Crippen LogP contribution in [0.2, 0.25) is 0 Å². The maximum atomic E-state index is 11.2. The van der Waals surface area contributed by atoms with Crippen LogP contribution in [0.4, 0.5) is 5.82 Å². The van der Waals surface area contributed by atoms with Crippen molar-refractivity contribution < 1.29 is 9.90 Å². The molecular formula is C19H15N7O2. The standard InChI is InChI=1S/C19H15N7O2/c27-19(28)16-10-20-11-22-17(16)21-9-12-5-7-13(8-6-12)14-3-1-2-4-15(14)18-23-25-26-24-18/h1-8,10-11H,9H2,(H,27,28)(H,20,21,22)(H,23,24,25,26). The lowest BCUT2D eigenvalue weighted by atomic mass is 9.98. The third-order valence-corrected chi connectivity index (χ3v) is 4.20. The number of rotatable bonds is 6. The first kappa shape index (κ1) is 17.3. The molecule has 0 atom stereocenters. The third-order valence-electron chi connectivity index (χ3n) is 4.20. The van der Waals surface area contributed by atoms with Crippen molar-refractivity contribution in [1.29, 1.82) is 0 Å². The van der Waals surface area contributed by atoms with Gasteiger partial charge in [0, 0.05) is 18.3 Å². The summed E-state index contributed by atoms with van der Waals surface area (Å²) >= 11 is 0. The number of tetrazole rings is 1. The van der Waals surface area contributed by atoms with Crippen LogP contribution in [0.3, 0.4) is 0 Å². The zero-order valence-electron chi connectivity index (χ0n) is 14.6. The molecule has 0 saturated carbocycles. The summed E-state index contributed by atoms with van der Waals surface area (Å²) in [5.41, 5.74) is 3.95. The van der Waals surface area contributed by atoms with E-state index in [0.717, 1.165) is 22.3 Å². The number of hydrogen-bond acceptors (Lipinski definition) is 7. The number of carboxylic acid groups (broad SMARTS) is 1. The van der Waals surface area contributed by atoms with Crippen molar-refractivity contribution in [1.82, 2.24) is 30.6 Å². The van der Waals surface area contributed by atoms with Gasteiger partial charge >= 0.3 is 5.97 Å². The molecule has 9 heteroatoms. The second-order valence-corrected chi connectivity index (χ2v) is 5.94. The first-order valence-corrected chi connectivity index (χ1v) is 8.42. The summed E-state index contributed by atoms with van der Waals surface area (Å²) < 4.78 is 0. The molecule has 0 bridgehead atoms. The number of nitrogens with one attached hydrogen (secondary N) is 2. The number of aromatic amines is 1. The Morgan fingerprint density at radius 2 is 1.86 bits per heavy atom. The molecule has 0 spiro atoms. The van der Waals surface area contributed by atoms with Crippen LogP contribution in [0.5, 0.6) is 0 Å². The van der Waals surface area contributed by atoms with Crippen LogP contribution in [0.25, 0.3) is 22.5 Å². The van der Waals surface area contributed by atoms with Crippen molar-refractivity contribution in [2.75, 3.05) is 5.32 Å². The average molecular weight is 373 g/mol. The van der Waals surface area contributed by atoms with Gasteiger partial charge in [0.25, 0.3) is 0 Å². The second kappa shape index (κ2) is 7.62. The molecule has 0 saturated heterocycles. The van der Waals surface area contributed by atoms with Crippen molar-refractivity contribution in [3.63, 3.8) is 0 Å². The Morgan fingerprint density at radius 3 is 2.57 bits per heavy atom. The van der Waals surface area contributed by atoms with Gasteiger partial charge in [-0.15, -0.1) is 5.10 Å². The molecule has 3 N–H and O–H groups in total. The monoisotopic (exact) mass is 373 g/mol. The van der Waals surface area contributed by atoms with Crippen LogP contribution < -0.4 is 5.32 Å². The Kier molecular flexibility index (Phi) is 4.70. The van der Waals surface area contributed by atoms with E-state index in [2.05, 4.69) is 35.9 Å². The summed E-state index contributed by atoms with van der Waals surface area (Å²) in [5, 5.41) is 26.3. The molecule has 9 nitrogen and oxygen atoms in total. The zero-order chi connectivity index (χ0) is 19.3. The molecule has 28 heavy (non-hydrogen) atoms. The normalized spacial score (nSPS) is 10.6. The molecule has 4 aromatic rings. The van der Waals surface area contributed by atoms with Crippen LogP contribution in [-0.2, 0) is 6.54 Å². The van der Waals surface area contributed by atoms with E-state index in [-0.39, 0.29) is 11.4 Å². The number of carbonyl (C=O) groups is 1. The Morgan fingerprint density at radius 1 is 1.07 bits per heavy atom. The van der Waals surface area contributed by atoms with Gasteiger partial charge in [-0.25, -0.2) is 19.9 Å². The Labute approximate surface area is 159 Å². The van der Waals surface area contributed by atoms with Gasteiger partial charge in [-0.2, -0.15) is 0 Å². The largest absolute Gasteiger partial charge is 0.477 e. The predicted molar refractivity (Wildman–Crippen MR) is 101 cm³/mol. The quantitative estimate of drug-likeness (QED) is 0.470. The van der Waals surface area contributed by atoms with E-state index in [9.17, 15) is 9.90 Å². The van der Waals surface area contributed by atoms with E-state index in [0.29, 0.717) is 12.4 Å². The number of carboxylic acids is 1. The summed E-state index contributed by atoms with van der Waals surface area (Å²) in [4.78, 5) is 19.0. The molecule has 0 fully saturated rings. The number of nitrogens with zero attached hydrogens (tertiary/aromatic N) is 5. The summed E-state index contributed by atoms with van der Waals surface area (Å²) in [6.07, 6.45) is 2.59. The predicted octanol–water partition coefficient (Wildman–Crippen LogP) is 2.63. The fraction of sp³-hybridized carbons (Fsp3) is 0.0526. The highest BCUT2D eigenvalue weighted by Crippen LogP contribution is 2.29. The first-order chi connectivity index (χ1) is 13.7. The Balaban J connectivity index is 1.54. The molecule has 0 radical (unpaired) electrons. The number of anilines is 1. The van der Waals surface area contributed by atoms with E-state index in [1.54, 1.807) is 0 Å². The fourth-order valence-electron chi connectivity index (χ4n) is 2.83. The van der Waals surface area contributed by atoms with E-state index in [1.807, 2.05) is 48.5 Å². The molecule has 0 aliphatic carbocycles. The average Bonchev–Trinajstić information content (AvgIpc) is 3.27. The van der Waals surface area contributed by atoms with Crippen molar-refractivity contribution in [2.45, 2.75) is 6.54 Å². The highest BCUT2D eigenvalue weighted by molar-refractivity contribution is 5.92. The van der Waals surface area contributed by atoms with Crippen LogP contribution in [0.1, 0.15) is 15.9 Å². The summed E-state index contributed by atoms with van der Waals surface area (Å²) in [6, 6.07) is 15.8. The van der Waals surface area contributed by atoms with Gasteiger partial charge in [-0.05, 0) is 27.1 Å². The lowest BCUT2D eigenvalue weighted by Crippen LogP contribution is -2.08. The van der Waals surface area contributed by atoms with Crippen molar-refractivity contribution in [3.8, 4) is 22.5 Å². The summed E-state index contributed by atoms with van der Waals surface area (Å²) in [5.74, 6) is -0.182. The van der Waals surface area contributed by atoms with Crippen LogP contribution >= 0.6 is 0 Å². The van der Waals surface area contributed by atoms with Gasteiger partial charge in [0.2, 0.25) is 0 Å². The molecule has 2 heterocycles. The minimum atomic E-state index is -1.07. The van der Waals surface area contributed by atoms with E-state index < -0.39 is 5.97 Å². The van der Waals surface area contributed by atoms with Gasteiger partial charge in [-0.3, -0.25) is 0 Å². The molecule has 4 rings (SSSR count). The van der Waals surface area contributed by atoms with Crippen molar-refractivity contribution in [2.24, 2.45) is 0 Å². The summed E-state index contributed by atoms with van der Waals surface area (Å²) in [7, 11) is 0.